The summed E-state index contributed by atoms with van der Waals surface area (Å²) in [5, 5.41) is 7.70. The Labute approximate surface area is 111 Å². The van der Waals surface area contributed by atoms with Crippen LogP contribution in [0.2, 0.25) is 0 Å². The summed E-state index contributed by atoms with van der Waals surface area (Å²) in [6.45, 7) is 2.16. The number of sulfonamides is 1. The minimum atomic E-state index is -3.54. The van der Waals surface area contributed by atoms with Crippen LogP contribution in [0.1, 0.15) is 18.6 Å². The second-order valence-corrected chi connectivity index (χ2v) is 5.79. The molecule has 2 aromatic heterocycles. The number of rotatable bonds is 6. The molecule has 19 heavy (non-hydrogen) atoms. The first-order valence-corrected chi connectivity index (χ1v) is 7.37. The molecule has 2 N–H and O–H groups in total. The molecule has 0 radical (unpaired) electrons. The van der Waals surface area contributed by atoms with E-state index in [0.717, 1.165) is 5.82 Å². The summed E-state index contributed by atoms with van der Waals surface area (Å²) in [6.07, 6.45) is 4.04. The lowest BCUT2D eigenvalue weighted by molar-refractivity contribution is 0.576. The molecule has 9 heteroatoms. The molecule has 104 valence electrons. The fraction of sp³-hybridized carbons (Fsp3) is 0.500. The van der Waals surface area contributed by atoms with Crippen molar-refractivity contribution in [2.24, 2.45) is 7.05 Å². The largest absolute Gasteiger partial charge is 0.332 e. The second kappa shape index (κ2) is 5.49. The van der Waals surface area contributed by atoms with Gasteiger partial charge < -0.3 is 9.55 Å². The van der Waals surface area contributed by atoms with Crippen molar-refractivity contribution in [2.75, 3.05) is 6.54 Å². The van der Waals surface area contributed by atoms with E-state index >= 15 is 0 Å². The molecule has 0 saturated heterocycles. The van der Waals surface area contributed by atoms with Gasteiger partial charge >= 0.3 is 0 Å². The van der Waals surface area contributed by atoms with E-state index in [2.05, 4.69) is 24.9 Å². The SMILES string of the molecule is CCc1ncc(S(=O)(=O)NCCc2nncn2C)[nH]1. The first kappa shape index (κ1) is 13.7. The molecule has 0 aromatic carbocycles. The fourth-order valence-electron chi connectivity index (χ4n) is 1.57. The number of nitrogens with one attached hydrogen (secondary N) is 2. The van der Waals surface area contributed by atoms with Crippen LogP contribution in [0.5, 0.6) is 0 Å². The lowest BCUT2D eigenvalue weighted by atomic mass is 10.4. The van der Waals surface area contributed by atoms with Crippen molar-refractivity contribution < 1.29 is 8.42 Å². The van der Waals surface area contributed by atoms with Crippen molar-refractivity contribution in [3.63, 3.8) is 0 Å². The lowest BCUT2D eigenvalue weighted by Crippen LogP contribution is -2.27. The summed E-state index contributed by atoms with van der Waals surface area (Å²) in [6, 6.07) is 0. The van der Waals surface area contributed by atoms with Crippen LogP contribution < -0.4 is 4.72 Å². The third-order valence-electron chi connectivity index (χ3n) is 2.68. The van der Waals surface area contributed by atoms with Gasteiger partial charge in [0.2, 0.25) is 0 Å². The van der Waals surface area contributed by atoms with E-state index in [-0.39, 0.29) is 11.6 Å². The van der Waals surface area contributed by atoms with Gasteiger partial charge in [-0.05, 0) is 0 Å². The number of aromatic nitrogens is 5. The molecule has 0 bridgehead atoms. The summed E-state index contributed by atoms with van der Waals surface area (Å²) in [5.74, 6) is 1.37. The zero-order valence-electron chi connectivity index (χ0n) is 10.8. The number of hydrogen-bond acceptors (Lipinski definition) is 5. The topological polar surface area (TPSA) is 106 Å². The number of nitrogens with zero attached hydrogens (tertiary/aromatic N) is 4. The maximum Gasteiger partial charge on any atom is 0.257 e. The minimum absolute atomic E-state index is 0.0855. The summed E-state index contributed by atoms with van der Waals surface area (Å²) >= 11 is 0. The number of aryl methyl sites for hydroxylation is 2. The molecule has 0 fully saturated rings. The van der Waals surface area contributed by atoms with Gasteiger partial charge in [-0.15, -0.1) is 10.2 Å². The van der Waals surface area contributed by atoms with Crippen LogP contribution in [0.25, 0.3) is 0 Å². The highest BCUT2D eigenvalue weighted by molar-refractivity contribution is 7.89. The van der Waals surface area contributed by atoms with E-state index < -0.39 is 10.0 Å². The Hall–Kier alpha value is -1.74. The molecule has 2 aromatic rings. The van der Waals surface area contributed by atoms with Crippen molar-refractivity contribution >= 4 is 10.0 Å². The lowest BCUT2D eigenvalue weighted by Gasteiger charge is -2.04. The second-order valence-electron chi connectivity index (χ2n) is 4.05. The molecule has 0 amide bonds. The number of H-pyrrole nitrogens is 1. The first-order valence-electron chi connectivity index (χ1n) is 5.89. The summed E-state index contributed by atoms with van der Waals surface area (Å²) in [4.78, 5) is 6.74. The standard InChI is InChI=1S/C10H16N6O2S/c1-3-8-11-6-10(14-8)19(17,18)13-5-4-9-15-12-7-16(9)2/h6-7,13H,3-5H2,1-2H3,(H,11,14). The van der Waals surface area contributed by atoms with E-state index in [1.165, 1.54) is 6.20 Å². The van der Waals surface area contributed by atoms with E-state index in [9.17, 15) is 8.42 Å². The third kappa shape index (κ3) is 3.18. The zero-order chi connectivity index (χ0) is 13.9. The van der Waals surface area contributed by atoms with Crippen LogP contribution in [0.15, 0.2) is 17.6 Å². The van der Waals surface area contributed by atoms with Gasteiger partial charge in [-0.1, -0.05) is 6.92 Å². The first-order chi connectivity index (χ1) is 9.03. The highest BCUT2D eigenvalue weighted by atomic mass is 32.2. The molecular weight excluding hydrogens is 268 g/mol. The van der Waals surface area contributed by atoms with Crippen molar-refractivity contribution in [3.05, 3.63) is 24.2 Å². The highest BCUT2D eigenvalue weighted by Crippen LogP contribution is 2.05. The third-order valence-corrected chi connectivity index (χ3v) is 4.05. The van der Waals surface area contributed by atoms with Crippen LogP contribution in [0, 0.1) is 0 Å². The fourth-order valence-corrected chi connectivity index (χ4v) is 2.54. The van der Waals surface area contributed by atoms with Crippen LogP contribution >= 0.6 is 0 Å². The van der Waals surface area contributed by atoms with Crippen molar-refractivity contribution in [2.45, 2.75) is 24.8 Å². The minimum Gasteiger partial charge on any atom is -0.332 e. The predicted octanol–water partition coefficient (Wildman–Crippen LogP) is -0.378. The van der Waals surface area contributed by atoms with Gasteiger partial charge in [-0.3, -0.25) is 0 Å². The molecule has 8 nitrogen and oxygen atoms in total. The number of hydrogen-bond donors (Lipinski definition) is 2. The van der Waals surface area contributed by atoms with Crippen LogP contribution in [-0.4, -0.2) is 39.7 Å². The Morgan fingerprint density at radius 2 is 2.26 bits per heavy atom. The van der Waals surface area contributed by atoms with Gasteiger partial charge in [0, 0.05) is 26.4 Å². The Bertz CT molecular complexity index is 645. The Morgan fingerprint density at radius 3 is 2.84 bits per heavy atom. The van der Waals surface area contributed by atoms with Gasteiger partial charge in [0.1, 0.15) is 18.0 Å². The summed E-state index contributed by atoms with van der Waals surface area (Å²) in [7, 11) is -1.73. The molecular formula is C10H16N6O2S. The molecule has 0 unspecified atom stereocenters. The Balaban J connectivity index is 1.96. The molecule has 0 aliphatic heterocycles. The number of imidazole rings is 1. The van der Waals surface area contributed by atoms with Crippen molar-refractivity contribution in [3.8, 4) is 0 Å². The maximum absolute atomic E-state index is 11.9. The van der Waals surface area contributed by atoms with Crippen molar-refractivity contribution in [1.29, 1.82) is 0 Å². The van der Waals surface area contributed by atoms with Gasteiger partial charge in [0.05, 0.1) is 6.20 Å². The normalized spacial score (nSPS) is 11.9. The summed E-state index contributed by atoms with van der Waals surface area (Å²) < 4.78 is 28.1. The van der Waals surface area contributed by atoms with Gasteiger partial charge in [-0.2, -0.15) is 0 Å². The molecule has 0 spiro atoms. The Morgan fingerprint density at radius 1 is 1.47 bits per heavy atom. The average molecular weight is 284 g/mol. The predicted molar refractivity (Wildman–Crippen MR) is 67.9 cm³/mol. The molecule has 2 heterocycles. The monoisotopic (exact) mass is 284 g/mol. The van der Waals surface area contributed by atoms with E-state index in [1.807, 2.05) is 14.0 Å². The van der Waals surface area contributed by atoms with E-state index in [1.54, 1.807) is 10.9 Å². The van der Waals surface area contributed by atoms with Gasteiger partial charge in [-0.25, -0.2) is 18.1 Å². The summed E-state index contributed by atoms with van der Waals surface area (Å²) in [5.41, 5.74) is 0. The molecule has 0 aliphatic carbocycles. The number of aromatic amines is 1. The smallest absolute Gasteiger partial charge is 0.257 e. The molecule has 0 aliphatic rings. The van der Waals surface area contributed by atoms with Crippen LogP contribution in [0.4, 0.5) is 0 Å². The van der Waals surface area contributed by atoms with E-state index in [4.69, 9.17) is 0 Å². The maximum atomic E-state index is 11.9. The highest BCUT2D eigenvalue weighted by Gasteiger charge is 2.16. The van der Waals surface area contributed by atoms with E-state index in [0.29, 0.717) is 18.7 Å². The van der Waals surface area contributed by atoms with Crippen LogP contribution in [0.3, 0.4) is 0 Å². The average Bonchev–Trinajstić information content (AvgIpc) is 2.99. The van der Waals surface area contributed by atoms with Crippen molar-refractivity contribution in [1.82, 2.24) is 29.5 Å². The Kier molecular flexibility index (Phi) is 3.96. The van der Waals surface area contributed by atoms with Crippen LogP contribution in [-0.2, 0) is 29.9 Å². The molecule has 0 saturated carbocycles. The van der Waals surface area contributed by atoms with Gasteiger partial charge in [0.15, 0.2) is 5.03 Å². The zero-order valence-corrected chi connectivity index (χ0v) is 11.6. The quantitative estimate of drug-likeness (QED) is 0.752. The van der Waals surface area contributed by atoms with Gasteiger partial charge in [0.25, 0.3) is 10.0 Å². The molecule has 0 atom stereocenters. The molecule has 2 rings (SSSR count).